The van der Waals surface area contributed by atoms with Crippen molar-refractivity contribution in [1.82, 2.24) is 29.9 Å². The molecule has 7 nitrogen and oxygen atoms in total. The van der Waals surface area contributed by atoms with Crippen LogP contribution < -0.4 is 5.32 Å². The van der Waals surface area contributed by atoms with Gasteiger partial charge in [-0.1, -0.05) is 35.9 Å². The molecular formula is C20H13ClIN7. The molecule has 9 heteroatoms. The Labute approximate surface area is 184 Å². The molecule has 0 unspecified atom stereocenters. The quantitative estimate of drug-likeness (QED) is 0.334. The van der Waals surface area contributed by atoms with E-state index in [2.05, 4.69) is 47.8 Å². The second kappa shape index (κ2) is 7.53. The third-order valence-corrected chi connectivity index (χ3v) is 5.69. The summed E-state index contributed by atoms with van der Waals surface area (Å²) in [6.45, 7) is 0.411. The number of nitrogens with zero attached hydrogens (tertiary/aromatic N) is 5. The van der Waals surface area contributed by atoms with E-state index in [9.17, 15) is 0 Å². The summed E-state index contributed by atoms with van der Waals surface area (Å²) in [6, 6.07) is 13.6. The Hall–Kier alpha value is -2.85. The molecule has 0 fully saturated rings. The summed E-state index contributed by atoms with van der Waals surface area (Å²) in [5.74, 6) is 0.630. The van der Waals surface area contributed by atoms with Crippen molar-refractivity contribution in [2.75, 3.05) is 5.32 Å². The molecular weight excluding hydrogens is 501 g/mol. The summed E-state index contributed by atoms with van der Waals surface area (Å²) in [7, 11) is 0. The van der Waals surface area contributed by atoms with E-state index >= 15 is 0 Å². The number of hydrogen-bond acceptors (Lipinski definition) is 6. The zero-order valence-corrected chi connectivity index (χ0v) is 17.8. The van der Waals surface area contributed by atoms with Gasteiger partial charge >= 0.3 is 0 Å². The molecule has 0 saturated carbocycles. The number of halogens is 2. The van der Waals surface area contributed by atoms with E-state index in [0.29, 0.717) is 28.5 Å². The zero-order valence-electron chi connectivity index (χ0n) is 14.9. The van der Waals surface area contributed by atoms with Crippen LogP contribution in [0.2, 0.25) is 5.02 Å². The van der Waals surface area contributed by atoms with Crippen molar-refractivity contribution in [3.05, 3.63) is 69.4 Å². The second-order valence-electron chi connectivity index (χ2n) is 6.28. The molecule has 2 aromatic carbocycles. The van der Waals surface area contributed by atoms with Crippen LogP contribution in [0.15, 0.2) is 55.1 Å². The highest BCUT2D eigenvalue weighted by Crippen LogP contribution is 2.31. The number of imidazole rings is 1. The van der Waals surface area contributed by atoms with Gasteiger partial charge in [0.15, 0.2) is 11.5 Å². The number of aromatic nitrogens is 6. The molecule has 0 saturated heterocycles. The fourth-order valence-electron chi connectivity index (χ4n) is 3.13. The average molecular weight is 514 g/mol. The molecule has 142 valence electrons. The fraction of sp³-hybridized carbons (Fsp3) is 0.0500. The van der Waals surface area contributed by atoms with Gasteiger partial charge in [0.1, 0.15) is 17.4 Å². The van der Waals surface area contributed by atoms with Gasteiger partial charge < -0.3 is 10.3 Å². The minimum absolute atomic E-state index is 0.411. The summed E-state index contributed by atoms with van der Waals surface area (Å²) in [6.07, 6.45) is 3.09. The molecule has 5 aromatic rings. The average Bonchev–Trinajstić information content (AvgIpc) is 3.22. The predicted octanol–water partition coefficient (Wildman–Crippen LogP) is 4.83. The van der Waals surface area contributed by atoms with Gasteiger partial charge in [-0.15, -0.1) is 0 Å². The summed E-state index contributed by atoms with van der Waals surface area (Å²) >= 11 is 8.75. The first-order valence-electron chi connectivity index (χ1n) is 8.78. The topological polar surface area (TPSA) is 92.3 Å². The number of anilines is 1. The van der Waals surface area contributed by atoms with Crippen LogP contribution in [-0.2, 0) is 6.54 Å². The Kier molecular flexibility index (Phi) is 4.72. The van der Waals surface area contributed by atoms with Crippen LogP contribution in [0, 0.1) is 3.57 Å². The maximum Gasteiger partial charge on any atom is 0.162 e. The highest BCUT2D eigenvalue weighted by Gasteiger charge is 2.16. The van der Waals surface area contributed by atoms with Crippen LogP contribution in [0.1, 0.15) is 5.69 Å². The Morgan fingerprint density at radius 3 is 2.76 bits per heavy atom. The van der Waals surface area contributed by atoms with E-state index in [4.69, 9.17) is 21.6 Å². The molecule has 0 aliphatic heterocycles. The normalized spacial score (nSPS) is 11.2. The van der Waals surface area contributed by atoms with Gasteiger partial charge in [-0.3, -0.25) is 0 Å². The number of nitrogens with one attached hydrogen (secondary N) is 2. The maximum absolute atomic E-state index is 6.48. The van der Waals surface area contributed by atoms with Crippen molar-refractivity contribution in [2.45, 2.75) is 6.54 Å². The first-order chi connectivity index (χ1) is 14.2. The number of H-pyrrole nitrogens is 1. The third kappa shape index (κ3) is 3.38. The lowest BCUT2D eigenvalue weighted by atomic mass is 10.1. The maximum atomic E-state index is 6.48. The highest BCUT2D eigenvalue weighted by atomic mass is 127. The van der Waals surface area contributed by atoms with E-state index in [1.807, 2.05) is 42.5 Å². The third-order valence-electron chi connectivity index (χ3n) is 4.49. The Balaban J connectivity index is 1.63. The SMILES string of the molecule is Clc1ccccc1-c1nc2c(I)cccc2nc1CNc1ncnc2[nH]cnc12. The van der Waals surface area contributed by atoms with Crippen molar-refractivity contribution in [2.24, 2.45) is 0 Å². The van der Waals surface area contributed by atoms with Crippen LogP contribution in [0.3, 0.4) is 0 Å². The van der Waals surface area contributed by atoms with Crippen LogP contribution in [0.5, 0.6) is 0 Å². The standard InChI is InChI=1S/C20H13ClIN7/c21-12-5-2-1-4-11(12)16-15(28-14-7-3-6-13(22)17(14)29-16)8-23-19-18-20(25-9-24-18)27-10-26-19/h1-7,9-10H,8H2,(H2,23,24,25,26,27). The number of fused-ring (bicyclic) bond motifs is 2. The molecule has 0 aliphatic rings. The van der Waals surface area contributed by atoms with Crippen molar-refractivity contribution in [3.8, 4) is 11.3 Å². The smallest absolute Gasteiger partial charge is 0.162 e. The van der Waals surface area contributed by atoms with Crippen LogP contribution >= 0.6 is 34.2 Å². The molecule has 0 amide bonds. The molecule has 29 heavy (non-hydrogen) atoms. The summed E-state index contributed by atoms with van der Waals surface area (Å²) in [4.78, 5) is 25.5. The Morgan fingerprint density at radius 1 is 0.966 bits per heavy atom. The number of hydrogen-bond donors (Lipinski definition) is 2. The largest absolute Gasteiger partial charge is 0.362 e. The monoisotopic (exact) mass is 513 g/mol. The molecule has 0 radical (unpaired) electrons. The van der Waals surface area contributed by atoms with Gasteiger partial charge in [0.2, 0.25) is 0 Å². The van der Waals surface area contributed by atoms with Crippen molar-refractivity contribution < 1.29 is 0 Å². The van der Waals surface area contributed by atoms with Gasteiger partial charge in [-0.25, -0.2) is 24.9 Å². The van der Waals surface area contributed by atoms with E-state index in [1.165, 1.54) is 6.33 Å². The number of para-hydroxylation sites is 1. The summed E-state index contributed by atoms with van der Waals surface area (Å²) in [5, 5.41) is 3.95. The van der Waals surface area contributed by atoms with Gasteiger partial charge in [-0.2, -0.15) is 0 Å². The van der Waals surface area contributed by atoms with Crippen molar-refractivity contribution >= 4 is 62.2 Å². The van der Waals surface area contributed by atoms with E-state index < -0.39 is 0 Å². The van der Waals surface area contributed by atoms with E-state index in [0.717, 1.165) is 31.6 Å². The van der Waals surface area contributed by atoms with E-state index in [1.54, 1.807) is 6.33 Å². The number of rotatable bonds is 4. The van der Waals surface area contributed by atoms with Crippen LogP contribution in [0.25, 0.3) is 33.5 Å². The Morgan fingerprint density at radius 2 is 1.86 bits per heavy atom. The minimum Gasteiger partial charge on any atom is -0.362 e. The summed E-state index contributed by atoms with van der Waals surface area (Å²) in [5.41, 5.74) is 5.39. The molecule has 0 aliphatic carbocycles. The summed E-state index contributed by atoms with van der Waals surface area (Å²) < 4.78 is 1.04. The first-order valence-corrected chi connectivity index (χ1v) is 10.2. The van der Waals surface area contributed by atoms with E-state index in [-0.39, 0.29) is 0 Å². The predicted molar refractivity (Wildman–Crippen MR) is 122 cm³/mol. The van der Waals surface area contributed by atoms with Crippen molar-refractivity contribution in [1.29, 1.82) is 0 Å². The van der Waals surface area contributed by atoms with Crippen molar-refractivity contribution in [3.63, 3.8) is 0 Å². The zero-order chi connectivity index (χ0) is 19.8. The lowest BCUT2D eigenvalue weighted by molar-refractivity contribution is 1.03. The molecule has 0 atom stereocenters. The van der Waals surface area contributed by atoms with Crippen LogP contribution in [0.4, 0.5) is 5.82 Å². The molecule has 5 rings (SSSR count). The molecule has 0 bridgehead atoms. The number of aromatic amines is 1. The Bertz CT molecular complexity index is 1350. The first kappa shape index (κ1) is 18.2. The highest BCUT2D eigenvalue weighted by molar-refractivity contribution is 14.1. The molecule has 3 aromatic heterocycles. The van der Waals surface area contributed by atoms with Gasteiger partial charge in [0.05, 0.1) is 34.8 Å². The minimum atomic E-state index is 0.411. The second-order valence-corrected chi connectivity index (χ2v) is 7.85. The lowest BCUT2D eigenvalue weighted by Crippen LogP contribution is -2.08. The van der Waals surface area contributed by atoms with Gasteiger partial charge in [0, 0.05) is 9.13 Å². The number of benzene rings is 2. The lowest BCUT2D eigenvalue weighted by Gasteiger charge is -2.13. The molecule has 0 spiro atoms. The molecule has 3 heterocycles. The van der Waals surface area contributed by atoms with Gasteiger partial charge in [-0.05, 0) is 40.8 Å². The van der Waals surface area contributed by atoms with Crippen LogP contribution in [-0.4, -0.2) is 29.9 Å². The fourth-order valence-corrected chi connectivity index (χ4v) is 3.96. The van der Waals surface area contributed by atoms with Gasteiger partial charge in [0.25, 0.3) is 0 Å². The molecule has 2 N–H and O–H groups in total.